The number of carbonyl (C=O) groups is 1. The molecule has 120 valence electrons. The molecule has 7 heteroatoms. The Morgan fingerprint density at radius 3 is 2.65 bits per heavy atom. The largest absolute Gasteiger partial charge is 0.484 e. The number of rotatable bonds is 6. The van der Waals surface area contributed by atoms with Crippen molar-refractivity contribution in [3.63, 3.8) is 0 Å². The van der Waals surface area contributed by atoms with Crippen LogP contribution >= 0.6 is 15.9 Å². The number of hydrogen-bond acceptors (Lipinski definition) is 4. The lowest BCUT2D eigenvalue weighted by Crippen LogP contribution is -2.31. The van der Waals surface area contributed by atoms with E-state index in [9.17, 15) is 14.9 Å². The minimum absolute atomic E-state index is 0.0776. The van der Waals surface area contributed by atoms with Crippen molar-refractivity contribution in [2.24, 2.45) is 0 Å². The standard InChI is InChI=1S/C16H15BrN2O4/c1-11(12-5-7-13(17)8-6-12)18-16(20)10-23-15-4-2-3-14(9-15)19(21)22/h2-9,11H,10H2,1H3,(H,18,20). The van der Waals surface area contributed by atoms with E-state index in [1.54, 1.807) is 6.07 Å². The number of hydrogen-bond donors (Lipinski definition) is 1. The van der Waals surface area contributed by atoms with Crippen molar-refractivity contribution in [1.82, 2.24) is 5.32 Å². The highest BCUT2D eigenvalue weighted by molar-refractivity contribution is 9.10. The third-order valence-electron chi connectivity index (χ3n) is 3.15. The molecule has 0 saturated heterocycles. The van der Waals surface area contributed by atoms with Crippen LogP contribution in [0.25, 0.3) is 0 Å². The molecule has 0 aliphatic heterocycles. The molecule has 0 aliphatic rings. The van der Waals surface area contributed by atoms with E-state index in [-0.39, 0.29) is 30.0 Å². The minimum Gasteiger partial charge on any atom is -0.484 e. The smallest absolute Gasteiger partial charge is 0.273 e. The highest BCUT2D eigenvalue weighted by Gasteiger charge is 2.11. The second-order valence-electron chi connectivity index (χ2n) is 4.88. The van der Waals surface area contributed by atoms with Gasteiger partial charge in [-0.1, -0.05) is 34.1 Å². The van der Waals surface area contributed by atoms with Crippen LogP contribution in [0.1, 0.15) is 18.5 Å². The van der Waals surface area contributed by atoms with Crippen molar-refractivity contribution in [3.8, 4) is 5.75 Å². The lowest BCUT2D eigenvalue weighted by atomic mass is 10.1. The molecule has 1 N–H and O–H groups in total. The zero-order chi connectivity index (χ0) is 16.8. The summed E-state index contributed by atoms with van der Waals surface area (Å²) in [5.41, 5.74) is 0.892. The molecule has 2 aromatic rings. The van der Waals surface area contributed by atoms with Crippen molar-refractivity contribution in [1.29, 1.82) is 0 Å². The van der Waals surface area contributed by atoms with Crippen LogP contribution in [0.4, 0.5) is 5.69 Å². The quantitative estimate of drug-likeness (QED) is 0.614. The Morgan fingerprint density at radius 1 is 1.30 bits per heavy atom. The maximum atomic E-state index is 11.9. The molecule has 0 aromatic heterocycles. The normalized spacial score (nSPS) is 11.6. The van der Waals surface area contributed by atoms with Crippen molar-refractivity contribution in [2.45, 2.75) is 13.0 Å². The summed E-state index contributed by atoms with van der Waals surface area (Å²) in [7, 11) is 0. The average Bonchev–Trinajstić information content (AvgIpc) is 2.53. The van der Waals surface area contributed by atoms with E-state index in [4.69, 9.17) is 4.74 Å². The number of benzene rings is 2. The van der Waals surface area contributed by atoms with E-state index < -0.39 is 4.92 Å². The number of nitro benzene ring substituents is 1. The van der Waals surface area contributed by atoms with Gasteiger partial charge >= 0.3 is 0 Å². The summed E-state index contributed by atoms with van der Waals surface area (Å²) in [6, 6.07) is 13.2. The van der Waals surface area contributed by atoms with Crippen LogP contribution in [0.3, 0.4) is 0 Å². The number of carbonyl (C=O) groups excluding carboxylic acids is 1. The Labute approximate surface area is 141 Å². The van der Waals surface area contributed by atoms with Gasteiger partial charge in [0.2, 0.25) is 0 Å². The first-order valence-corrected chi connectivity index (χ1v) is 7.67. The number of nitrogens with zero attached hydrogens (tertiary/aromatic N) is 1. The number of non-ortho nitro benzene ring substituents is 1. The first-order chi connectivity index (χ1) is 11.0. The van der Waals surface area contributed by atoms with Crippen molar-refractivity contribution >= 4 is 27.5 Å². The van der Waals surface area contributed by atoms with Crippen LogP contribution in [-0.4, -0.2) is 17.4 Å². The molecule has 0 aliphatic carbocycles. The lowest BCUT2D eigenvalue weighted by molar-refractivity contribution is -0.384. The molecule has 6 nitrogen and oxygen atoms in total. The first-order valence-electron chi connectivity index (χ1n) is 6.88. The molecule has 0 saturated carbocycles. The number of nitrogens with one attached hydrogen (secondary N) is 1. The molecular weight excluding hydrogens is 364 g/mol. The summed E-state index contributed by atoms with van der Waals surface area (Å²) in [5, 5.41) is 13.5. The Hall–Kier alpha value is -2.41. The van der Waals surface area contributed by atoms with E-state index in [0.717, 1.165) is 10.0 Å². The van der Waals surface area contributed by atoms with Crippen LogP contribution in [0, 0.1) is 10.1 Å². The molecule has 1 atom stereocenters. The topological polar surface area (TPSA) is 81.5 Å². The second kappa shape index (κ2) is 7.73. The lowest BCUT2D eigenvalue weighted by Gasteiger charge is -2.14. The molecule has 2 rings (SSSR count). The molecule has 1 unspecified atom stereocenters. The van der Waals surface area contributed by atoms with Crippen LogP contribution < -0.4 is 10.1 Å². The van der Waals surface area contributed by atoms with E-state index in [0.29, 0.717) is 0 Å². The van der Waals surface area contributed by atoms with Gasteiger partial charge in [-0.05, 0) is 30.7 Å². The van der Waals surface area contributed by atoms with Gasteiger partial charge in [0.05, 0.1) is 17.0 Å². The molecule has 2 aromatic carbocycles. The maximum absolute atomic E-state index is 11.9. The van der Waals surface area contributed by atoms with E-state index >= 15 is 0 Å². The fraction of sp³-hybridized carbons (Fsp3) is 0.188. The van der Waals surface area contributed by atoms with Gasteiger partial charge in [-0.25, -0.2) is 0 Å². The zero-order valence-electron chi connectivity index (χ0n) is 12.4. The van der Waals surface area contributed by atoms with Gasteiger partial charge < -0.3 is 10.1 Å². The Morgan fingerprint density at radius 2 is 2.00 bits per heavy atom. The van der Waals surface area contributed by atoms with E-state index in [1.807, 2.05) is 31.2 Å². The first kappa shape index (κ1) is 17.0. The van der Waals surface area contributed by atoms with E-state index in [1.165, 1.54) is 18.2 Å². The fourth-order valence-electron chi connectivity index (χ4n) is 1.95. The summed E-state index contributed by atoms with van der Waals surface area (Å²) < 4.78 is 6.26. The fourth-order valence-corrected chi connectivity index (χ4v) is 2.22. The predicted molar refractivity (Wildman–Crippen MR) is 89.3 cm³/mol. The number of nitro groups is 1. The van der Waals surface area contributed by atoms with Gasteiger partial charge in [0.15, 0.2) is 6.61 Å². The number of halogens is 1. The molecule has 0 spiro atoms. The van der Waals surface area contributed by atoms with Gasteiger partial charge in [0.1, 0.15) is 5.75 Å². The van der Waals surface area contributed by atoms with Crippen molar-refractivity contribution in [2.75, 3.05) is 6.61 Å². The van der Waals surface area contributed by atoms with Crippen molar-refractivity contribution in [3.05, 3.63) is 68.7 Å². The molecule has 23 heavy (non-hydrogen) atoms. The third kappa shape index (κ3) is 5.07. The molecule has 0 radical (unpaired) electrons. The summed E-state index contributed by atoms with van der Waals surface area (Å²) in [4.78, 5) is 22.1. The van der Waals surface area contributed by atoms with Crippen LogP contribution in [-0.2, 0) is 4.79 Å². The second-order valence-corrected chi connectivity index (χ2v) is 5.80. The number of amides is 1. The Kier molecular flexibility index (Phi) is 5.70. The van der Waals surface area contributed by atoms with Gasteiger partial charge in [0.25, 0.3) is 11.6 Å². The van der Waals surface area contributed by atoms with Crippen LogP contribution in [0.15, 0.2) is 53.0 Å². The summed E-state index contributed by atoms with van der Waals surface area (Å²) >= 11 is 3.36. The molecule has 0 heterocycles. The summed E-state index contributed by atoms with van der Waals surface area (Å²) in [6.45, 7) is 1.66. The van der Waals surface area contributed by atoms with Crippen LogP contribution in [0.5, 0.6) is 5.75 Å². The summed E-state index contributed by atoms with van der Waals surface area (Å²) in [6.07, 6.45) is 0. The molecule has 1 amide bonds. The van der Waals surface area contributed by atoms with Crippen LogP contribution in [0.2, 0.25) is 0 Å². The Balaban J connectivity index is 1.88. The number of ether oxygens (including phenoxy) is 1. The van der Waals surface area contributed by atoms with Crippen molar-refractivity contribution < 1.29 is 14.5 Å². The summed E-state index contributed by atoms with van der Waals surface area (Å²) in [5.74, 6) is -0.0161. The maximum Gasteiger partial charge on any atom is 0.273 e. The zero-order valence-corrected chi connectivity index (χ0v) is 13.9. The average molecular weight is 379 g/mol. The predicted octanol–water partition coefficient (Wildman–Crippen LogP) is 3.61. The van der Waals surface area contributed by atoms with Gasteiger partial charge in [-0.3, -0.25) is 14.9 Å². The molecule has 0 fully saturated rings. The third-order valence-corrected chi connectivity index (χ3v) is 3.67. The van der Waals surface area contributed by atoms with Gasteiger partial charge in [0, 0.05) is 10.5 Å². The monoisotopic (exact) mass is 378 g/mol. The Bertz CT molecular complexity index is 703. The van der Waals surface area contributed by atoms with Gasteiger partial charge in [-0.2, -0.15) is 0 Å². The van der Waals surface area contributed by atoms with Gasteiger partial charge in [-0.15, -0.1) is 0 Å². The molecule has 0 bridgehead atoms. The van der Waals surface area contributed by atoms with E-state index in [2.05, 4.69) is 21.2 Å². The highest BCUT2D eigenvalue weighted by atomic mass is 79.9. The SMILES string of the molecule is CC(NC(=O)COc1cccc([N+](=O)[O-])c1)c1ccc(Br)cc1. The molecular formula is C16H15BrN2O4. The minimum atomic E-state index is -0.511. The highest BCUT2D eigenvalue weighted by Crippen LogP contribution is 2.19.